The lowest BCUT2D eigenvalue weighted by atomic mass is 10.0. The summed E-state index contributed by atoms with van der Waals surface area (Å²) in [5.74, 6) is 0.329. The van der Waals surface area contributed by atoms with Gasteiger partial charge in [0.15, 0.2) is 0 Å². The normalized spacial score (nSPS) is 10.3. The fourth-order valence-electron chi connectivity index (χ4n) is 2.47. The molecule has 0 aliphatic heterocycles. The van der Waals surface area contributed by atoms with Gasteiger partial charge in [0, 0.05) is 0 Å². The van der Waals surface area contributed by atoms with Crippen molar-refractivity contribution in [2.24, 2.45) is 0 Å². The Bertz CT molecular complexity index is 649. The first-order chi connectivity index (χ1) is 10.7. The van der Waals surface area contributed by atoms with Crippen molar-refractivity contribution in [1.29, 1.82) is 0 Å². The van der Waals surface area contributed by atoms with Crippen LogP contribution >= 0.6 is 0 Å². The minimum atomic E-state index is -0.978. The van der Waals surface area contributed by atoms with Crippen LogP contribution in [0.3, 0.4) is 0 Å². The Kier molecular flexibility index (Phi) is 5.42. The molecule has 0 amide bonds. The van der Waals surface area contributed by atoms with Crippen LogP contribution < -0.4 is 9.47 Å². The van der Waals surface area contributed by atoms with Gasteiger partial charge in [-0.1, -0.05) is 30.3 Å². The topological polar surface area (TPSA) is 55.8 Å². The number of aromatic carboxylic acids is 1. The molecular weight excluding hydrogens is 280 g/mol. The van der Waals surface area contributed by atoms with E-state index in [1.54, 1.807) is 12.1 Å². The van der Waals surface area contributed by atoms with Gasteiger partial charge >= 0.3 is 5.97 Å². The summed E-state index contributed by atoms with van der Waals surface area (Å²) in [6.07, 6.45) is 1.45. The van der Waals surface area contributed by atoms with E-state index < -0.39 is 5.97 Å². The molecule has 0 saturated heterocycles. The second-order valence-corrected chi connectivity index (χ2v) is 4.84. The Morgan fingerprint density at radius 1 is 1.05 bits per heavy atom. The quantitative estimate of drug-likeness (QED) is 0.849. The van der Waals surface area contributed by atoms with E-state index in [1.807, 2.05) is 37.3 Å². The largest absolute Gasteiger partial charge is 0.496 e. The molecule has 0 atom stereocenters. The zero-order valence-corrected chi connectivity index (χ0v) is 12.8. The molecule has 1 N–H and O–H groups in total. The average molecular weight is 300 g/mol. The molecule has 0 spiro atoms. The van der Waals surface area contributed by atoms with Gasteiger partial charge in [0.2, 0.25) is 0 Å². The number of methoxy groups -OCH3 is 1. The summed E-state index contributed by atoms with van der Waals surface area (Å²) in [5, 5.41) is 9.22. The van der Waals surface area contributed by atoms with Crippen molar-refractivity contribution in [2.75, 3.05) is 13.7 Å². The number of carboxylic acids is 1. The van der Waals surface area contributed by atoms with Crippen molar-refractivity contribution in [1.82, 2.24) is 0 Å². The Morgan fingerprint density at radius 2 is 1.73 bits per heavy atom. The lowest BCUT2D eigenvalue weighted by molar-refractivity contribution is 0.0693. The highest BCUT2D eigenvalue weighted by molar-refractivity contribution is 5.91. The van der Waals surface area contributed by atoms with Crippen LogP contribution in [0.4, 0.5) is 0 Å². The van der Waals surface area contributed by atoms with Gasteiger partial charge in [0.1, 0.15) is 17.1 Å². The zero-order chi connectivity index (χ0) is 15.9. The van der Waals surface area contributed by atoms with Crippen LogP contribution in [0.2, 0.25) is 0 Å². The number of ether oxygens (including phenoxy) is 2. The Morgan fingerprint density at radius 3 is 2.41 bits per heavy atom. The first-order valence-electron chi connectivity index (χ1n) is 7.27. The van der Waals surface area contributed by atoms with E-state index in [2.05, 4.69) is 0 Å². The molecule has 0 fully saturated rings. The Hall–Kier alpha value is -2.49. The van der Waals surface area contributed by atoms with E-state index >= 15 is 0 Å². The van der Waals surface area contributed by atoms with Gasteiger partial charge in [-0.2, -0.15) is 0 Å². The highest BCUT2D eigenvalue weighted by Gasteiger charge is 2.15. The minimum Gasteiger partial charge on any atom is -0.496 e. The van der Waals surface area contributed by atoms with Gasteiger partial charge in [-0.3, -0.25) is 0 Å². The molecule has 2 rings (SSSR count). The fraction of sp³-hybridized carbons (Fsp3) is 0.278. The van der Waals surface area contributed by atoms with Gasteiger partial charge in [0.25, 0.3) is 0 Å². The molecule has 2 aromatic carbocycles. The van der Waals surface area contributed by atoms with Crippen molar-refractivity contribution in [2.45, 2.75) is 19.8 Å². The first kappa shape index (κ1) is 15.9. The summed E-state index contributed by atoms with van der Waals surface area (Å²) in [7, 11) is 1.50. The summed E-state index contributed by atoms with van der Waals surface area (Å²) >= 11 is 0. The van der Waals surface area contributed by atoms with Crippen molar-refractivity contribution in [3.8, 4) is 11.5 Å². The zero-order valence-electron chi connectivity index (χ0n) is 12.8. The van der Waals surface area contributed by atoms with E-state index in [9.17, 15) is 9.90 Å². The number of hydrogen-bond donors (Lipinski definition) is 1. The number of hydrogen-bond acceptors (Lipinski definition) is 3. The van der Waals surface area contributed by atoms with E-state index in [1.165, 1.54) is 7.11 Å². The number of rotatable bonds is 7. The van der Waals surface area contributed by atoms with E-state index in [4.69, 9.17) is 9.47 Å². The second-order valence-electron chi connectivity index (χ2n) is 4.84. The predicted octanol–water partition coefficient (Wildman–Crippen LogP) is 3.58. The highest BCUT2D eigenvalue weighted by Crippen LogP contribution is 2.27. The molecule has 0 radical (unpaired) electrons. The molecule has 4 heteroatoms. The second kappa shape index (κ2) is 7.50. The Labute approximate surface area is 130 Å². The number of carboxylic acid groups (broad SMARTS) is 1. The van der Waals surface area contributed by atoms with Crippen LogP contribution in [0.25, 0.3) is 0 Å². The van der Waals surface area contributed by atoms with Crippen molar-refractivity contribution >= 4 is 5.97 Å². The first-order valence-corrected chi connectivity index (χ1v) is 7.27. The molecular formula is C18H20O4. The molecule has 0 saturated carbocycles. The third kappa shape index (κ3) is 3.58. The fourth-order valence-corrected chi connectivity index (χ4v) is 2.47. The lowest BCUT2D eigenvalue weighted by Crippen LogP contribution is -2.05. The van der Waals surface area contributed by atoms with E-state index in [-0.39, 0.29) is 5.56 Å². The van der Waals surface area contributed by atoms with Gasteiger partial charge in [-0.25, -0.2) is 4.79 Å². The van der Waals surface area contributed by atoms with Gasteiger partial charge in [0.05, 0.1) is 13.7 Å². The maximum Gasteiger partial charge on any atom is 0.339 e. The summed E-state index contributed by atoms with van der Waals surface area (Å²) in [5.41, 5.74) is 2.18. The van der Waals surface area contributed by atoms with Gasteiger partial charge in [-0.05, 0) is 43.0 Å². The van der Waals surface area contributed by atoms with Crippen LogP contribution in [0.1, 0.15) is 28.4 Å². The van der Waals surface area contributed by atoms with Crippen LogP contribution in [0.5, 0.6) is 11.5 Å². The summed E-state index contributed by atoms with van der Waals surface area (Å²) < 4.78 is 10.9. The number of benzene rings is 2. The van der Waals surface area contributed by atoms with Crippen LogP contribution in [0.15, 0.2) is 42.5 Å². The number of aryl methyl sites for hydroxylation is 2. The molecule has 4 nitrogen and oxygen atoms in total. The smallest absolute Gasteiger partial charge is 0.339 e. The average Bonchev–Trinajstić information content (AvgIpc) is 2.53. The molecule has 0 aliphatic carbocycles. The van der Waals surface area contributed by atoms with Gasteiger partial charge < -0.3 is 14.6 Å². The lowest BCUT2D eigenvalue weighted by Gasteiger charge is -2.13. The van der Waals surface area contributed by atoms with Crippen LogP contribution in [-0.4, -0.2) is 24.8 Å². The third-order valence-corrected chi connectivity index (χ3v) is 3.47. The van der Waals surface area contributed by atoms with Crippen molar-refractivity contribution in [3.63, 3.8) is 0 Å². The Balaban J connectivity index is 2.22. The van der Waals surface area contributed by atoms with E-state index in [0.29, 0.717) is 18.8 Å². The molecule has 0 heterocycles. The highest BCUT2D eigenvalue weighted by atomic mass is 16.5. The third-order valence-electron chi connectivity index (χ3n) is 3.47. The molecule has 22 heavy (non-hydrogen) atoms. The van der Waals surface area contributed by atoms with Crippen LogP contribution in [0, 0.1) is 0 Å². The monoisotopic (exact) mass is 300 g/mol. The molecule has 0 aliphatic rings. The van der Waals surface area contributed by atoms with Gasteiger partial charge in [-0.15, -0.1) is 0 Å². The molecule has 2 aromatic rings. The molecule has 0 bridgehead atoms. The van der Waals surface area contributed by atoms with E-state index in [0.717, 1.165) is 23.3 Å². The molecule has 0 aromatic heterocycles. The van der Waals surface area contributed by atoms with Crippen molar-refractivity contribution in [3.05, 3.63) is 59.2 Å². The summed E-state index contributed by atoms with van der Waals surface area (Å²) in [6, 6.07) is 13.1. The molecule has 116 valence electrons. The standard InChI is InChI=1S/C18H20O4/c1-3-22-16-10-5-4-7-13(16)11-12-14-8-6-9-15(18(19)20)17(14)21-2/h4-10H,3,11-12H2,1-2H3,(H,19,20). The maximum absolute atomic E-state index is 11.2. The van der Waals surface area contributed by atoms with Crippen LogP contribution in [-0.2, 0) is 12.8 Å². The summed E-state index contributed by atoms with van der Waals surface area (Å²) in [6.45, 7) is 2.57. The maximum atomic E-state index is 11.2. The number of para-hydroxylation sites is 2. The number of carbonyl (C=O) groups is 1. The van der Waals surface area contributed by atoms with Crippen molar-refractivity contribution < 1.29 is 19.4 Å². The summed E-state index contributed by atoms with van der Waals surface area (Å²) in [4.78, 5) is 11.2. The SMILES string of the molecule is CCOc1ccccc1CCc1cccc(C(=O)O)c1OC. The predicted molar refractivity (Wildman–Crippen MR) is 85.0 cm³/mol. The minimum absolute atomic E-state index is 0.193. The molecule has 0 unspecified atom stereocenters.